The Balaban J connectivity index is 0.000000488. The third-order valence-corrected chi connectivity index (χ3v) is 3.91. The Morgan fingerprint density at radius 1 is 0.500 bits per heavy atom. The van der Waals surface area contributed by atoms with Gasteiger partial charge in [-0.25, -0.2) is 0 Å². The van der Waals surface area contributed by atoms with Gasteiger partial charge in [0.1, 0.15) is 0 Å². The molecule has 0 unspecified atom stereocenters. The molecule has 4 rings (SSSR count). The average Bonchev–Trinajstić information content (AvgIpc) is 2.89. The third kappa shape index (κ3) is 10.6. The van der Waals surface area contributed by atoms with Crippen LogP contribution in [0.2, 0.25) is 0 Å². The number of aromatic nitrogens is 3. The number of rotatable bonds is 2. The van der Waals surface area contributed by atoms with Gasteiger partial charge < -0.3 is 0 Å². The normalized spacial score (nSPS) is 8.62. The minimum atomic E-state index is 0.922. The third-order valence-electron chi connectivity index (χ3n) is 3.91. The van der Waals surface area contributed by atoms with Gasteiger partial charge in [-0.1, -0.05) is 95.1 Å². The van der Waals surface area contributed by atoms with Gasteiger partial charge in [-0.2, -0.15) is 0 Å². The van der Waals surface area contributed by atoms with Crippen LogP contribution in [0.1, 0.15) is 52.7 Å². The average molecular weight is 430 g/mol. The summed E-state index contributed by atoms with van der Waals surface area (Å²) < 4.78 is 0. The second-order valence-electron chi connectivity index (χ2n) is 6.07. The van der Waals surface area contributed by atoms with Crippen molar-refractivity contribution in [1.82, 2.24) is 15.0 Å². The van der Waals surface area contributed by atoms with Gasteiger partial charge in [0, 0.05) is 30.4 Å². The van der Waals surface area contributed by atoms with Gasteiger partial charge in [-0.05, 0) is 43.2 Å². The van der Waals surface area contributed by atoms with Crippen molar-refractivity contribution in [3.05, 3.63) is 103 Å². The highest BCUT2D eigenvalue weighted by atomic mass is 14.8. The number of pyridine rings is 1. The zero-order valence-electron chi connectivity index (χ0n) is 21.0. The van der Waals surface area contributed by atoms with Crippen LogP contribution < -0.4 is 0 Å². The molecule has 2 heterocycles. The largest absolute Gasteiger partial charge is 0.265 e. The van der Waals surface area contributed by atoms with E-state index in [1.54, 1.807) is 18.6 Å². The topological polar surface area (TPSA) is 38.7 Å². The number of benzene rings is 2. The number of hydrogen-bond donors (Lipinski definition) is 0. The fourth-order valence-electron chi connectivity index (χ4n) is 2.62. The second-order valence-corrected chi connectivity index (χ2v) is 6.07. The second kappa shape index (κ2) is 18.4. The standard InChI is InChI=1S/C12H11N.C11H10N2.3C2H6/c1-10-3-2-4-12(9-10)11-5-7-13-8-6-11;1-9-3-2-4-10(7-9)11-8-12-5-6-13-11;3*1-2/h2-9H,1H3;2-8H,1H3;3*1-2H3. The maximum atomic E-state index is 4.23. The van der Waals surface area contributed by atoms with Gasteiger partial charge in [-0.3, -0.25) is 15.0 Å². The zero-order valence-corrected chi connectivity index (χ0v) is 21.0. The van der Waals surface area contributed by atoms with Gasteiger partial charge in [0.25, 0.3) is 0 Å². The molecule has 0 fully saturated rings. The number of aryl methyl sites for hydroxylation is 2. The van der Waals surface area contributed by atoms with Crippen LogP contribution in [0.3, 0.4) is 0 Å². The van der Waals surface area contributed by atoms with Gasteiger partial charge in [0.2, 0.25) is 0 Å². The molecule has 0 aliphatic heterocycles. The Kier molecular flexibility index (Phi) is 16.5. The Morgan fingerprint density at radius 2 is 1.03 bits per heavy atom. The predicted molar refractivity (Wildman–Crippen MR) is 141 cm³/mol. The predicted octanol–water partition coefficient (Wildman–Crippen LogP) is 8.59. The van der Waals surface area contributed by atoms with E-state index < -0.39 is 0 Å². The van der Waals surface area contributed by atoms with Crippen molar-refractivity contribution >= 4 is 0 Å². The van der Waals surface area contributed by atoms with E-state index in [0.29, 0.717) is 0 Å². The van der Waals surface area contributed by atoms with Gasteiger partial charge >= 0.3 is 0 Å². The molecule has 0 aliphatic rings. The van der Waals surface area contributed by atoms with E-state index >= 15 is 0 Å². The van der Waals surface area contributed by atoms with E-state index in [1.165, 1.54) is 22.3 Å². The highest BCUT2D eigenvalue weighted by molar-refractivity contribution is 5.63. The highest BCUT2D eigenvalue weighted by Gasteiger charge is 1.97. The van der Waals surface area contributed by atoms with E-state index in [9.17, 15) is 0 Å². The number of nitrogens with zero attached hydrogens (tertiary/aromatic N) is 3. The van der Waals surface area contributed by atoms with Crippen LogP contribution in [-0.4, -0.2) is 15.0 Å². The molecule has 0 saturated carbocycles. The number of hydrogen-bond acceptors (Lipinski definition) is 3. The maximum absolute atomic E-state index is 4.23. The van der Waals surface area contributed by atoms with E-state index in [1.807, 2.05) is 78.2 Å². The van der Waals surface area contributed by atoms with Crippen molar-refractivity contribution in [2.45, 2.75) is 55.4 Å². The fraction of sp³-hybridized carbons (Fsp3) is 0.276. The van der Waals surface area contributed by atoms with E-state index in [2.05, 4.69) is 65.2 Å². The summed E-state index contributed by atoms with van der Waals surface area (Å²) in [7, 11) is 0. The highest BCUT2D eigenvalue weighted by Crippen LogP contribution is 2.18. The van der Waals surface area contributed by atoms with Crippen LogP contribution in [0.4, 0.5) is 0 Å². The summed E-state index contributed by atoms with van der Waals surface area (Å²) in [6, 6.07) is 20.7. The molecule has 0 amide bonds. The first kappa shape index (κ1) is 28.7. The molecule has 32 heavy (non-hydrogen) atoms. The Hall–Kier alpha value is -3.33. The quantitative estimate of drug-likeness (QED) is 0.320. The molecular formula is C29H39N3. The first-order chi connectivity index (χ1) is 15.7. The minimum Gasteiger partial charge on any atom is -0.265 e. The molecule has 0 aliphatic carbocycles. The molecule has 2 aromatic heterocycles. The Bertz CT molecular complexity index is 871. The SMILES string of the molecule is CC.CC.CC.Cc1cccc(-c2ccncc2)c1.Cc1cccc(-c2cnccn2)c1. The summed E-state index contributed by atoms with van der Waals surface area (Å²) in [5, 5.41) is 0. The molecule has 4 aromatic rings. The van der Waals surface area contributed by atoms with Crippen LogP contribution in [0.5, 0.6) is 0 Å². The first-order valence-corrected chi connectivity index (χ1v) is 11.5. The lowest BCUT2D eigenvalue weighted by atomic mass is 10.1. The van der Waals surface area contributed by atoms with Crippen molar-refractivity contribution in [3.63, 3.8) is 0 Å². The molecule has 0 N–H and O–H groups in total. The molecule has 3 heteroatoms. The van der Waals surface area contributed by atoms with Crippen molar-refractivity contribution in [1.29, 1.82) is 0 Å². The smallest absolute Gasteiger partial charge is 0.0885 e. The zero-order chi connectivity index (χ0) is 24.2. The fourth-order valence-corrected chi connectivity index (χ4v) is 2.62. The lowest BCUT2D eigenvalue weighted by molar-refractivity contribution is 1.20. The van der Waals surface area contributed by atoms with Gasteiger partial charge in [0.15, 0.2) is 0 Å². The van der Waals surface area contributed by atoms with Crippen LogP contribution in [0.15, 0.2) is 91.6 Å². The van der Waals surface area contributed by atoms with Crippen LogP contribution in [0, 0.1) is 13.8 Å². The molecule has 170 valence electrons. The van der Waals surface area contributed by atoms with E-state index in [-0.39, 0.29) is 0 Å². The molecular weight excluding hydrogens is 390 g/mol. The lowest BCUT2D eigenvalue weighted by Crippen LogP contribution is -1.84. The first-order valence-electron chi connectivity index (χ1n) is 11.5. The summed E-state index contributed by atoms with van der Waals surface area (Å²) in [6.45, 7) is 16.2. The molecule has 2 aromatic carbocycles. The van der Waals surface area contributed by atoms with Gasteiger partial charge in [-0.15, -0.1) is 0 Å². The molecule has 0 atom stereocenters. The van der Waals surface area contributed by atoms with Crippen molar-refractivity contribution in [2.75, 3.05) is 0 Å². The van der Waals surface area contributed by atoms with Gasteiger partial charge in [0.05, 0.1) is 11.9 Å². The Labute approximate surface area is 195 Å². The molecule has 3 nitrogen and oxygen atoms in total. The summed E-state index contributed by atoms with van der Waals surface area (Å²) in [5.74, 6) is 0. The summed E-state index contributed by atoms with van der Waals surface area (Å²) in [6.07, 6.45) is 8.79. The molecule has 0 saturated heterocycles. The summed E-state index contributed by atoms with van der Waals surface area (Å²) in [5.41, 5.74) is 7.04. The minimum absolute atomic E-state index is 0.922. The monoisotopic (exact) mass is 429 g/mol. The molecule has 0 spiro atoms. The van der Waals surface area contributed by atoms with Crippen LogP contribution >= 0.6 is 0 Å². The Morgan fingerprint density at radius 3 is 1.53 bits per heavy atom. The van der Waals surface area contributed by atoms with E-state index in [4.69, 9.17) is 0 Å². The van der Waals surface area contributed by atoms with Crippen LogP contribution in [0.25, 0.3) is 22.4 Å². The molecule has 0 bridgehead atoms. The molecule has 0 radical (unpaired) electrons. The van der Waals surface area contributed by atoms with Crippen molar-refractivity contribution < 1.29 is 0 Å². The summed E-state index contributed by atoms with van der Waals surface area (Å²) in [4.78, 5) is 12.2. The lowest BCUT2D eigenvalue weighted by Gasteiger charge is -2.01. The van der Waals surface area contributed by atoms with Crippen molar-refractivity contribution in [3.8, 4) is 22.4 Å². The van der Waals surface area contributed by atoms with Crippen LogP contribution in [-0.2, 0) is 0 Å². The maximum Gasteiger partial charge on any atom is 0.0885 e. The van der Waals surface area contributed by atoms with Crippen molar-refractivity contribution in [2.24, 2.45) is 0 Å². The van der Waals surface area contributed by atoms with E-state index in [0.717, 1.165) is 11.3 Å². The summed E-state index contributed by atoms with van der Waals surface area (Å²) >= 11 is 0.